The summed E-state index contributed by atoms with van der Waals surface area (Å²) in [5.74, 6) is -0.613. The maximum absolute atomic E-state index is 13.4. The van der Waals surface area contributed by atoms with Crippen LogP contribution in [0.1, 0.15) is 64.4 Å². The molecular formula is C24H28BrNO3. The zero-order chi connectivity index (χ0) is 21.5. The van der Waals surface area contributed by atoms with E-state index in [1.54, 1.807) is 11.0 Å². The molecule has 0 bridgehead atoms. The van der Waals surface area contributed by atoms with Crippen molar-refractivity contribution in [3.63, 3.8) is 0 Å². The number of unbranched alkanes of at least 4 members (excludes halogenated alkanes) is 1. The van der Waals surface area contributed by atoms with E-state index in [4.69, 9.17) is 0 Å². The zero-order valence-corrected chi connectivity index (χ0v) is 19.3. The normalized spacial score (nSPS) is 18.3. The van der Waals surface area contributed by atoms with Crippen molar-refractivity contribution in [2.75, 3.05) is 11.4 Å². The fraction of sp³-hybridized carbons (Fsp3) is 0.417. The summed E-state index contributed by atoms with van der Waals surface area (Å²) in [6, 6.07) is 7.52. The monoisotopic (exact) mass is 457 g/mol. The van der Waals surface area contributed by atoms with Crippen LogP contribution >= 0.6 is 15.9 Å². The smallest absolute Gasteiger partial charge is 0.264 e. The number of aryl methyl sites for hydroxylation is 2. The lowest BCUT2D eigenvalue weighted by molar-refractivity contribution is -0.135. The third-order valence-corrected chi connectivity index (χ3v) is 6.58. The largest absolute Gasteiger partial charge is 0.375 e. The van der Waals surface area contributed by atoms with Crippen LogP contribution in [0.4, 0.5) is 5.69 Å². The number of hydrogen-bond acceptors (Lipinski definition) is 3. The molecule has 0 fully saturated rings. The predicted octanol–water partition coefficient (Wildman–Crippen LogP) is 5.29. The number of carbonyl (C=O) groups excluding carboxylic acids is 2. The second-order valence-electron chi connectivity index (χ2n) is 8.07. The zero-order valence-electron chi connectivity index (χ0n) is 17.7. The van der Waals surface area contributed by atoms with Gasteiger partial charge in [-0.25, -0.2) is 0 Å². The molecule has 29 heavy (non-hydrogen) atoms. The Morgan fingerprint density at radius 3 is 2.31 bits per heavy atom. The van der Waals surface area contributed by atoms with Crippen molar-refractivity contribution in [1.82, 2.24) is 0 Å². The van der Waals surface area contributed by atoms with Crippen LogP contribution in [0.15, 0.2) is 28.7 Å². The van der Waals surface area contributed by atoms with Gasteiger partial charge in [-0.1, -0.05) is 35.3 Å². The Morgan fingerprint density at radius 2 is 1.72 bits per heavy atom. The minimum atomic E-state index is -1.85. The van der Waals surface area contributed by atoms with E-state index in [9.17, 15) is 14.7 Å². The van der Waals surface area contributed by atoms with Gasteiger partial charge in [-0.2, -0.15) is 0 Å². The lowest BCUT2D eigenvalue weighted by Gasteiger charge is -2.24. The van der Waals surface area contributed by atoms with Crippen molar-refractivity contribution < 1.29 is 14.7 Å². The molecule has 0 aromatic heterocycles. The van der Waals surface area contributed by atoms with E-state index in [0.717, 1.165) is 39.6 Å². The van der Waals surface area contributed by atoms with Crippen molar-refractivity contribution in [2.24, 2.45) is 0 Å². The number of anilines is 1. The minimum Gasteiger partial charge on any atom is -0.375 e. The summed E-state index contributed by atoms with van der Waals surface area (Å²) in [6.07, 6.45) is 1.51. The Kier molecular flexibility index (Phi) is 6.02. The maximum atomic E-state index is 13.4. The Bertz CT molecular complexity index is 972. The van der Waals surface area contributed by atoms with Crippen molar-refractivity contribution >= 4 is 33.3 Å². The van der Waals surface area contributed by atoms with Crippen LogP contribution in [-0.2, 0) is 10.4 Å². The number of rotatable bonds is 6. The number of amides is 1. The highest BCUT2D eigenvalue weighted by Gasteiger charge is 2.51. The van der Waals surface area contributed by atoms with Crippen LogP contribution in [-0.4, -0.2) is 23.3 Å². The molecule has 0 unspecified atom stereocenters. The molecular weight excluding hydrogens is 430 g/mol. The SMILES string of the molecule is CCCCN1C(=O)[C@](O)(CC(=O)c2c(C)c(C)cc(C)c2C)c2cc(Br)ccc21. The van der Waals surface area contributed by atoms with Crippen LogP contribution in [0.25, 0.3) is 0 Å². The molecule has 2 aromatic carbocycles. The van der Waals surface area contributed by atoms with Crippen molar-refractivity contribution in [3.8, 4) is 0 Å². The molecule has 0 aliphatic carbocycles. The van der Waals surface area contributed by atoms with Gasteiger partial charge in [-0.15, -0.1) is 0 Å². The lowest BCUT2D eigenvalue weighted by atomic mass is 9.84. The average molecular weight is 458 g/mol. The summed E-state index contributed by atoms with van der Waals surface area (Å²) >= 11 is 3.44. The topological polar surface area (TPSA) is 57.6 Å². The van der Waals surface area contributed by atoms with Gasteiger partial charge in [0, 0.05) is 22.1 Å². The summed E-state index contributed by atoms with van der Waals surface area (Å²) in [4.78, 5) is 28.3. The molecule has 1 amide bonds. The number of halogens is 1. The average Bonchev–Trinajstić information content (AvgIpc) is 2.86. The fourth-order valence-corrected chi connectivity index (χ4v) is 4.55. The van der Waals surface area contributed by atoms with Crippen molar-refractivity contribution in [1.29, 1.82) is 0 Å². The van der Waals surface area contributed by atoms with Gasteiger partial charge in [-0.05, 0) is 74.6 Å². The Hall–Kier alpha value is -1.98. The third-order valence-electron chi connectivity index (χ3n) is 6.09. The molecule has 0 saturated carbocycles. The molecule has 1 aliphatic rings. The molecule has 5 heteroatoms. The molecule has 2 aromatic rings. The highest BCUT2D eigenvalue weighted by Crippen LogP contribution is 2.44. The van der Waals surface area contributed by atoms with Crippen molar-refractivity contribution in [3.05, 3.63) is 62.1 Å². The van der Waals surface area contributed by atoms with Gasteiger partial charge in [-0.3, -0.25) is 9.59 Å². The van der Waals surface area contributed by atoms with Gasteiger partial charge in [0.25, 0.3) is 5.91 Å². The molecule has 0 saturated heterocycles. The molecule has 1 heterocycles. The predicted molar refractivity (Wildman–Crippen MR) is 120 cm³/mol. The summed E-state index contributed by atoms with van der Waals surface area (Å²) in [7, 11) is 0. The van der Waals surface area contributed by atoms with Gasteiger partial charge in [0.1, 0.15) is 0 Å². The van der Waals surface area contributed by atoms with Crippen LogP contribution in [0, 0.1) is 27.7 Å². The van der Waals surface area contributed by atoms with Crippen LogP contribution < -0.4 is 4.90 Å². The molecule has 0 radical (unpaired) electrons. The third kappa shape index (κ3) is 3.66. The molecule has 1 atom stereocenters. The van der Waals surface area contributed by atoms with Crippen LogP contribution in [0.5, 0.6) is 0 Å². The highest BCUT2D eigenvalue weighted by atomic mass is 79.9. The van der Waals surface area contributed by atoms with E-state index in [0.29, 0.717) is 23.4 Å². The molecule has 1 aliphatic heterocycles. The minimum absolute atomic E-state index is 0.203. The Morgan fingerprint density at radius 1 is 1.10 bits per heavy atom. The van der Waals surface area contributed by atoms with Crippen LogP contribution in [0.2, 0.25) is 0 Å². The lowest BCUT2D eigenvalue weighted by Crippen LogP contribution is -2.42. The highest BCUT2D eigenvalue weighted by molar-refractivity contribution is 9.10. The quantitative estimate of drug-likeness (QED) is 0.599. The van der Waals surface area contributed by atoms with Gasteiger partial charge < -0.3 is 10.0 Å². The maximum Gasteiger partial charge on any atom is 0.264 e. The number of ketones is 1. The standard InChI is InChI=1S/C24H28BrNO3/c1-6-7-10-26-20-9-8-18(25)12-19(20)24(29,23(26)28)13-21(27)22-16(4)14(2)11-15(3)17(22)5/h8-9,11-12,29H,6-7,10,13H2,1-5H3/t24-/m0/s1. The first-order chi connectivity index (χ1) is 13.6. The number of aliphatic hydroxyl groups is 1. The number of Topliss-reactive ketones (excluding diaryl/α,β-unsaturated/α-hetero) is 1. The van der Waals surface area contributed by atoms with Crippen LogP contribution in [0.3, 0.4) is 0 Å². The first kappa shape index (κ1) is 21.7. The van der Waals surface area contributed by atoms with E-state index in [-0.39, 0.29) is 12.2 Å². The molecule has 0 spiro atoms. The second-order valence-corrected chi connectivity index (χ2v) is 8.98. The van der Waals surface area contributed by atoms with E-state index in [2.05, 4.69) is 28.9 Å². The first-order valence-electron chi connectivity index (χ1n) is 10.1. The number of fused-ring (bicyclic) bond motifs is 1. The number of nitrogens with zero attached hydrogens (tertiary/aromatic N) is 1. The molecule has 154 valence electrons. The Labute approximate surface area is 181 Å². The summed E-state index contributed by atoms with van der Waals surface area (Å²) in [6.45, 7) is 10.4. The molecule has 3 rings (SSSR count). The van der Waals surface area contributed by atoms with Gasteiger partial charge in [0.05, 0.1) is 12.1 Å². The number of benzene rings is 2. The molecule has 4 nitrogen and oxygen atoms in total. The van der Waals surface area contributed by atoms with E-state index in [1.807, 2.05) is 39.8 Å². The van der Waals surface area contributed by atoms with E-state index < -0.39 is 11.5 Å². The van der Waals surface area contributed by atoms with Gasteiger partial charge >= 0.3 is 0 Å². The van der Waals surface area contributed by atoms with Crippen molar-refractivity contribution in [2.45, 2.75) is 59.5 Å². The molecule has 1 N–H and O–H groups in total. The first-order valence-corrected chi connectivity index (χ1v) is 10.9. The summed E-state index contributed by atoms with van der Waals surface area (Å²) in [5.41, 5.74) is 3.85. The van der Waals surface area contributed by atoms with Gasteiger partial charge in [0.15, 0.2) is 11.4 Å². The Balaban J connectivity index is 2.06. The van der Waals surface area contributed by atoms with E-state index in [1.165, 1.54) is 0 Å². The number of carbonyl (C=O) groups is 2. The second kappa shape index (κ2) is 8.04. The summed E-state index contributed by atoms with van der Waals surface area (Å²) in [5, 5.41) is 11.5. The van der Waals surface area contributed by atoms with E-state index >= 15 is 0 Å². The number of hydrogen-bond donors (Lipinski definition) is 1. The summed E-state index contributed by atoms with van der Waals surface area (Å²) < 4.78 is 0.769. The fourth-order valence-electron chi connectivity index (χ4n) is 4.19. The van der Waals surface area contributed by atoms with Gasteiger partial charge in [0.2, 0.25) is 0 Å².